The fourth-order valence-corrected chi connectivity index (χ4v) is 6.48. The van der Waals surface area contributed by atoms with Crippen molar-refractivity contribution in [3.63, 3.8) is 0 Å². The number of aliphatic hydroxyl groups excluding tert-OH is 2. The van der Waals surface area contributed by atoms with E-state index in [4.69, 9.17) is 30.5 Å². The molecule has 5 heterocycles. The number of allylic oxidation sites excluding steroid dienone is 2. The average molecular weight is 680 g/mol. The molecule has 2 saturated heterocycles. The summed E-state index contributed by atoms with van der Waals surface area (Å²) >= 11 is 4.81. The second kappa shape index (κ2) is 15.8. The SMILES string of the molecule is C=CN(c1ncnc(CC/C=C/CCc2ncnc3c2ncn3C2OC(CO)[C@@H](OC)[C@H]2F)c1C)C1OC(CO)[C@@H](OP=S)[C@H]1F. The zero-order chi connectivity index (χ0) is 32.8. The van der Waals surface area contributed by atoms with Gasteiger partial charge in [0.2, 0.25) is 0 Å². The maximum atomic E-state index is 15.3. The van der Waals surface area contributed by atoms with Crippen LogP contribution in [0.4, 0.5) is 14.6 Å². The highest BCUT2D eigenvalue weighted by Gasteiger charge is 2.49. The minimum atomic E-state index is -1.59. The Hall–Kier alpha value is -2.95. The molecule has 17 heteroatoms. The molecule has 2 aliphatic rings. The van der Waals surface area contributed by atoms with E-state index < -0.39 is 55.8 Å². The van der Waals surface area contributed by atoms with E-state index in [-0.39, 0.29) is 14.2 Å². The van der Waals surface area contributed by atoms with Gasteiger partial charge in [0, 0.05) is 24.6 Å². The molecule has 0 radical (unpaired) electrons. The third-order valence-electron chi connectivity index (χ3n) is 8.18. The number of halogens is 2. The van der Waals surface area contributed by atoms with Gasteiger partial charge < -0.3 is 33.8 Å². The van der Waals surface area contributed by atoms with Gasteiger partial charge in [-0.3, -0.25) is 4.57 Å². The van der Waals surface area contributed by atoms with Gasteiger partial charge in [0.1, 0.15) is 56.0 Å². The van der Waals surface area contributed by atoms with E-state index in [2.05, 4.69) is 31.5 Å². The number of hydrogen-bond acceptors (Lipinski definition) is 13. The van der Waals surface area contributed by atoms with Crippen LogP contribution >= 0.6 is 7.58 Å². The Morgan fingerprint density at radius 3 is 2.33 bits per heavy atom. The topological polar surface area (TPSA) is 150 Å². The Labute approximate surface area is 271 Å². The van der Waals surface area contributed by atoms with Crippen LogP contribution in [0.2, 0.25) is 0 Å². The van der Waals surface area contributed by atoms with Gasteiger partial charge in [-0.25, -0.2) is 33.7 Å². The van der Waals surface area contributed by atoms with Gasteiger partial charge in [-0.15, -0.1) is 0 Å². The van der Waals surface area contributed by atoms with Crippen molar-refractivity contribution in [3.05, 3.63) is 60.9 Å². The van der Waals surface area contributed by atoms with Crippen LogP contribution in [0.25, 0.3) is 11.2 Å². The van der Waals surface area contributed by atoms with Gasteiger partial charge in [0.15, 0.2) is 30.4 Å². The van der Waals surface area contributed by atoms with Crippen molar-refractivity contribution >= 4 is 36.4 Å². The maximum Gasteiger partial charge on any atom is 0.175 e. The first-order valence-corrected chi connectivity index (χ1v) is 16.6. The average Bonchev–Trinajstić information content (AvgIpc) is 3.74. The summed E-state index contributed by atoms with van der Waals surface area (Å²) in [5, 5.41) is 19.2. The van der Waals surface area contributed by atoms with Gasteiger partial charge in [-0.1, -0.05) is 18.7 Å². The Balaban J connectivity index is 1.19. The zero-order valence-electron chi connectivity index (χ0n) is 25.3. The molecule has 248 valence electrons. The summed E-state index contributed by atoms with van der Waals surface area (Å²) in [6, 6.07) is 0. The van der Waals surface area contributed by atoms with Crippen molar-refractivity contribution in [1.29, 1.82) is 0 Å². The molecule has 4 unspecified atom stereocenters. The highest BCUT2D eigenvalue weighted by atomic mass is 32.4. The number of nitrogens with zero attached hydrogens (tertiary/aromatic N) is 7. The second-order valence-corrected chi connectivity index (χ2v) is 11.6. The molecule has 13 nitrogen and oxygen atoms in total. The van der Waals surface area contributed by atoms with Crippen LogP contribution in [0.1, 0.15) is 36.0 Å². The molecule has 5 rings (SSSR count). The summed E-state index contributed by atoms with van der Waals surface area (Å²) < 4.78 is 53.8. The summed E-state index contributed by atoms with van der Waals surface area (Å²) in [7, 11) is 1.50. The number of rotatable bonds is 15. The maximum absolute atomic E-state index is 15.3. The number of fused-ring (bicyclic) bond motifs is 1. The fourth-order valence-electron chi connectivity index (χ4n) is 5.83. The van der Waals surface area contributed by atoms with E-state index in [1.807, 2.05) is 19.1 Å². The van der Waals surface area contributed by atoms with Crippen LogP contribution in [0.5, 0.6) is 0 Å². The van der Waals surface area contributed by atoms with E-state index in [1.54, 1.807) is 0 Å². The lowest BCUT2D eigenvalue weighted by Gasteiger charge is -2.28. The number of hydrogen-bond donors (Lipinski definition) is 2. The molecular weight excluding hydrogens is 643 g/mol. The third kappa shape index (κ3) is 6.85. The number of ether oxygens (including phenoxy) is 3. The summed E-state index contributed by atoms with van der Waals surface area (Å²) in [5.41, 5.74) is 3.25. The van der Waals surface area contributed by atoms with Crippen LogP contribution in [0.3, 0.4) is 0 Å². The molecule has 46 heavy (non-hydrogen) atoms. The molecule has 0 aliphatic carbocycles. The summed E-state index contributed by atoms with van der Waals surface area (Å²) in [6.45, 7) is 4.89. The van der Waals surface area contributed by atoms with E-state index >= 15 is 8.78 Å². The molecular formula is C29H36F2N7O6PS. The van der Waals surface area contributed by atoms with Crippen molar-refractivity contribution in [2.75, 3.05) is 25.2 Å². The van der Waals surface area contributed by atoms with Crippen LogP contribution in [0.15, 0.2) is 43.9 Å². The highest BCUT2D eigenvalue weighted by molar-refractivity contribution is 7.94. The van der Waals surface area contributed by atoms with Gasteiger partial charge in [-0.05, 0) is 44.4 Å². The normalized spacial score (nSPS) is 28.1. The number of aliphatic hydroxyl groups is 2. The number of alkyl halides is 2. The van der Waals surface area contributed by atoms with Crippen molar-refractivity contribution in [3.8, 4) is 0 Å². The lowest BCUT2D eigenvalue weighted by molar-refractivity contribution is -0.0519. The van der Waals surface area contributed by atoms with Gasteiger partial charge in [0.05, 0.1) is 25.2 Å². The zero-order valence-corrected chi connectivity index (χ0v) is 27.0. The van der Waals surface area contributed by atoms with E-state index in [1.165, 1.54) is 41.8 Å². The van der Waals surface area contributed by atoms with Gasteiger partial charge >= 0.3 is 0 Å². The standard InChI is InChI=1S/C29H36F2N7O6PS/c1-4-37(28-22(31)25(44-45-46)20(12-40)43-28)26-16(2)17(32-13-34-26)9-7-5-6-8-10-18-23-27(35-14-33-18)38(15-36-23)29-21(30)24(41-3)19(11-39)42-29/h4-6,13-15,19-22,24-25,28-29,39-40H,1,7-12H2,2-3H3/b6-5+/t19?,20?,21-,22-,24-,25-,28?,29?/m1/s1. The Morgan fingerprint density at radius 1 is 1.00 bits per heavy atom. The number of anilines is 1. The minimum Gasteiger partial charge on any atom is -0.394 e. The predicted octanol–water partition coefficient (Wildman–Crippen LogP) is 3.00. The Kier molecular flexibility index (Phi) is 11.8. The molecule has 0 amide bonds. The highest BCUT2D eigenvalue weighted by Crippen LogP contribution is 2.36. The summed E-state index contributed by atoms with van der Waals surface area (Å²) in [5.74, 6) is 0.448. The van der Waals surface area contributed by atoms with Crippen molar-refractivity contribution < 1.29 is 37.7 Å². The van der Waals surface area contributed by atoms with Crippen LogP contribution in [-0.2, 0) is 43.4 Å². The largest absolute Gasteiger partial charge is 0.394 e. The third-order valence-corrected chi connectivity index (χ3v) is 8.77. The molecule has 2 N–H and O–H groups in total. The molecule has 0 bridgehead atoms. The molecule has 2 fully saturated rings. The minimum absolute atomic E-state index is 0.119. The van der Waals surface area contributed by atoms with Crippen molar-refractivity contribution in [1.82, 2.24) is 29.5 Å². The van der Waals surface area contributed by atoms with Crippen LogP contribution < -0.4 is 4.90 Å². The van der Waals surface area contributed by atoms with Crippen LogP contribution in [-0.4, -0.2) is 103 Å². The molecule has 0 aromatic carbocycles. The molecule has 3 aromatic rings. The molecule has 0 saturated carbocycles. The van der Waals surface area contributed by atoms with E-state index in [0.717, 1.165) is 11.3 Å². The first-order valence-electron chi connectivity index (χ1n) is 14.7. The first-order chi connectivity index (χ1) is 22.4. The van der Waals surface area contributed by atoms with Crippen LogP contribution in [0, 0.1) is 6.92 Å². The van der Waals surface area contributed by atoms with Gasteiger partial charge in [0.25, 0.3) is 0 Å². The number of imidazole rings is 1. The lowest BCUT2D eigenvalue weighted by Crippen LogP contribution is -2.40. The monoisotopic (exact) mass is 679 g/mol. The van der Waals surface area contributed by atoms with Crippen molar-refractivity contribution in [2.24, 2.45) is 0 Å². The number of methoxy groups -OCH3 is 1. The smallest absolute Gasteiger partial charge is 0.175 e. The first kappa shape index (κ1) is 34.4. The van der Waals surface area contributed by atoms with Gasteiger partial charge in [-0.2, -0.15) is 0 Å². The predicted molar refractivity (Wildman–Crippen MR) is 167 cm³/mol. The lowest BCUT2D eigenvalue weighted by atomic mass is 10.1. The quantitative estimate of drug-likeness (QED) is 0.179. The van der Waals surface area contributed by atoms with E-state index in [9.17, 15) is 10.2 Å². The number of aryl methyl sites for hydroxylation is 2. The summed E-state index contributed by atoms with van der Waals surface area (Å²) in [4.78, 5) is 23.4. The Bertz CT molecular complexity index is 1540. The van der Waals surface area contributed by atoms with Crippen molar-refractivity contribution in [2.45, 2.75) is 81.8 Å². The second-order valence-electron chi connectivity index (χ2n) is 10.8. The molecule has 2 aliphatic heterocycles. The fraction of sp³-hybridized carbons (Fsp3) is 0.552. The van der Waals surface area contributed by atoms with E-state index in [0.29, 0.717) is 48.4 Å². The Morgan fingerprint density at radius 2 is 1.67 bits per heavy atom. The molecule has 0 spiro atoms. The molecule has 3 aromatic heterocycles. The molecule has 8 atom stereocenters. The summed E-state index contributed by atoms with van der Waals surface area (Å²) in [6.07, 6.45) is 3.60. The number of aromatic nitrogens is 6.